The zero-order valence-corrected chi connectivity index (χ0v) is 10.5. The first-order valence-electron chi connectivity index (χ1n) is 5.06. The highest BCUT2D eigenvalue weighted by Crippen LogP contribution is 2.27. The fraction of sp³-hybridized carbons (Fsp3) is 0.417. The van der Waals surface area contributed by atoms with Crippen molar-refractivity contribution < 1.29 is 14.1 Å². The first-order valence-corrected chi connectivity index (χ1v) is 6.27. The third-order valence-electron chi connectivity index (χ3n) is 2.61. The summed E-state index contributed by atoms with van der Waals surface area (Å²) in [6.07, 6.45) is 0. The summed E-state index contributed by atoms with van der Waals surface area (Å²) in [7, 11) is -1.46. The molecule has 0 aliphatic heterocycles. The van der Waals surface area contributed by atoms with Crippen molar-refractivity contribution in [3.63, 3.8) is 0 Å². The Bertz CT molecular complexity index is 398. The Morgan fingerprint density at radius 2 is 1.81 bits per heavy atom. The molecular formula is C12H16O3S. The van der Waals surface area contributed by atoms with Crippen molar-refractivity contribution in [2.45, 2.75) is 30.8 Å². The van der Waals surface area contributed by atoms with E-state index in [1.807, 2.05) is 30.3 Å². The molecule has 1 aromatic carbocycles. The zero-order valence-electron chi connectivity index (χ0n) is 9.64. The molecular weight excluding hydrogens is 224 g/mol. The second kappa shape index (κ2) is 4.78. The van der Waals surface area contributed by atoms with Gasteiger partial charge in [0.2, 0.25) is 0 Å². The number of benzene rings is 1. The van der Waals surface area contributed by atoms with Crippen LogP contribution in [-0.4, -0.2) is 20.0 Å². The van der Waals surface area contributed by atoms with E-state index in [4.69, 9.17) is 5.11 Å². The van der Waals surface area contributed by atoms with E-state index in [1.54, 1.807) is 6.92 Å². The number of carboxylic acids is 1. The zero-order chi connectivity index (χ0) is 12.3. The van der Waals surface area contributed by atoms with Crippen LogP contribution >= 0.6 is 0 Å². The summed E-state index contributed by atoms with van der Waals surface area (Å²) < 4.78 is 10.9. The van der Waals surface area contributed by atoms with Crippen LogP contribution in [0, 0.1) is 0 Å². The molecule has 0 fully saturated rings. The molecule has 0 aliphatic rings. The van der Waals surface area contributed by atoms with Gasteiger partial charge in [-0.3, -0.25) is 9.00 Å². The Kier molecular flexibility index (Phi) is 3.86. The van der Waals surface area contributed by atoms with E-state index in [0.717, 1.165) is 5.56 Å². The van der Waals surface area contributed by atoms with Gasteiger partial charge in [0.25, 0.3) is 0 Å². The Hall–Kier alpha value is -1.16. The van der Waals surface area contributed by atoms with Crippen molar-refractivity contribution in [1.82, 2.24) is 0 Å². The molecule has 0 heterocycles. The molecule has 0 saturated carbocycles. The van der Waals surface area contributed by atoms with Crippen LogP contribution < -0.4 is 0 Å². The summed E-state index contributed by atoms with van der Waals surface area (Å²) >= 11 is 0. The maximum atomic E-state index is 12.1. The second-order valence-electron chi connectivity index (χ2n) is 4.17. The molecule has 1 rings (SSSR count). The average Bonchev–Trinajstić information content (AvgIpc) is 2.28. The van der Waals surface area contributed by atoms with E-state index in [9.17, 15) is 9.00 Å². The van der Waals surface area contributed by atoms with Gasteiger partial charge in [0.15, 0.2) is 0 Å². The Morgan fingerprint density at radius 3 is 2.25 bits per heavy atom. The highest BCUT2D eigenvalue weighted by molar-refractivity contribution is 7.87. The van der Waals surface area contributed by atoms with E-state index < -0.39 is 21.5 Å². The first-order chi connectivity index (χ1) is 7.37. The standard InChI is InChI=1S/C12H16O3S/c1-9(10-7-5-4-6-8-10)16(15)12(2,3)11(13)14/h4-9H,1-3H3,(H,13,14). The third-order valence-corrected chi connectivity index (χ3v) is 4.70. The van der Waals surface area contributed by atoms with Crippen LogP contribution in [0.25, 0.3) is 0 Å². The van der Waals surface area contributed by atoms with E-state index in [2.05, 4.69) is 0 Å². The lowest BCUT2D eigenvalue weighted by Gasteiger charge is -2.23. The Morgan fingerprint density at radius 1 is 1.31 bits per heavy atom. The highest BCUT2D eigenvalue weighted by atomic mass is 32.2. The minimum atomic E-state index is -1.46. The lowest BCUT2D eigenvalue weighted by molar-refractivity contribution is -0.139. The van der Waals surface area contributed by atoms with E-state index in [1.165, 1.54) is 13.8 Å². The van der Waals surface area contributed by atoms with Crippen molar-refractivity contribution in [2.75, 3.05) is 0 Å². The summed E-state index contributed by atoms with van der Waals surface area (Å²) in [6, 6.07) is 9.32. The molecule has 0 aromatic heterocycles. The monoisotopic (exact) mass is 240 g/mol. The van der Waals surface area contributed by atoms with Gasteiger partial charge in [0, 0.05) is 10.8 Å². The largest absolute Gasteiger partial charge is 0.480 e. The summed E-state index contributed by atoms with van der Waals surface area (Å²) in [4.78, 5) is 11.0. The first kappa shape index (κ1) is 12.9. The molecule has 2 atom stereocenters. The minimum Gasteiger partial charge on any atom is -0.480 e. The summed E-state index contributed by atoms with van der Waals surface area (Å²) in [5.74, 6) is -1.03. The fourth-order valence-corrected chi connectivity index (χ4v) is 2.84. The van der Waals surface area contributed by atoms with Crippen LogP contribution in [-0.2, 0) is 15.6 Å². The molecule has 1 aromatic rings. The van der Waals surface area contributed by atoms with Crippen molar-refractivity contribution in [3.8, 4) is 0 Å². The molecule has 16 heavy (non-hydrogen) atoms. The van der Waals surface area contributed by atoms with E-state index in [-0.39, 0.29) is 5.25 Å². The number of carboxylic acid groups (broad SMARTS) is 1. The fourth-order valence-electron chi connectivity index (χ4n) is 1.38. The average molecular weight is 240 g/mol. The molecule has 88 valence electrons. The molecule has 4 heteroatoms. The van der Waals surface area contributed by atoms with Gasteiger partial charge in [0.05, 0.1) is 5.25 Å². The number of hydrogen-bond acceptors (Lipinski definition) is 2. The normalized spacial score (nSPS) is 15.4. The van der Waals surface area contributed by atoms with Crippen LogP contribution in [0.15, 0.2) is 30.3 Å². The number of aliphatic carboxylic acids is 1. The van der Waals surface area contributed by atoms with Gasteiger partial charge in [-0.15, -0.1) is 0 Å². The summed E-state index contributed by atoms with van der Waals surface area (Å²) in [6.45, 7) is 4.77. The summed E-state index contributed by atoms with van der Waals surface area (Å²) in [5, 5.41) is 8.73. The molecule has 0 amide bonds. The molecule has 0 radical (unpaired) electrons. The van der Waals surface area contributed by atoms with Crippen LogP contribution in [0.5, 0.6) is 0 Å². The van der Waals surface area contributed by atoms with E-state index >= 15 is 0 Å². The smallest absolute Gasteiger partial charge is 0.321 e. The molecule has 0 bridgehead atoms. The lowest BCUT2D eigenvalue weighted by atomic mass is 10.2. The van der Waals surface area contributed by atoms with Gasteiger partial charge in [-0.1, -0.05) is 30.3 Å². The molecule has 0 spiro atoms. The van der Waals surface area contributed by atoms with Crippen LogP contribution in [0.3, 0.4) is 0 Å². The third kappa shape index (κ3) is 2.50. The Labute approximate surface area is 98.0 Å². The van der Waals surface area contributed by atoms with Gasteiger partial charge in [-0.05, 0) is 26.3 Å². The maximum absolute atomic E-state index is 12.1. The van der Waals surface area contributed by atoms with Gasteiger partial charge < -0.3 is 5.11 Å². The molecule has 3 nitrogen and oxygen atoms in total. The molecule has 0 saturated heterocycles. The maximum Gasteiger partial charge on any atom is 0.321 e. The highest BCUT2D eigenvalue weighted by Gasteiger charge is 2.37. The van der Waals surface area contributed by atoms with Crippen molar-refractivity contribution in [3.05, 3.63) is 35.9 Å². The molecule has 1 N–H and O–H groups in total. The number of hydrogen-bond donors (Lipinski definition) is 1. The predicted molar refractivity (Wildman–Crippen MR) is 64.7 cm³/mol. The van der Waals surface area contributed by atoms with Crippen molar-refractivity contribution >= 4 is 16.8 Å². The van der Waals surface area contributed by atoms with E-state index in [0.29, 0.717) is 0 Å². The van der Waals surface area contributed by atoms with Crippen molar-refractivity contribution in [2.24, 2.45) is 0 Å². The predicted octanol–water partition coefficient (Wildman–Crippen LogP) is 2.36. The minimum absolute atomic E-state index is 0.285. The molecule has 0 aliphatic carbocycles. The quantitative estimate of drug-likeness (QED) is 0.879. The van der Waals surface area contributed by atoms with Crippen LogP contribution in [0.2, 0.25) is 0 Å². The van der Waals surface area contributed by atoms with Gasteiger partial charge >= 0.3 is 5.97 Å². The van der Waals surface area contributed by atoms with Gasteiger partial charge in [-0.25, -0.2) is 0 Å². The lowest BCUT2D eigenvalue weighted by Crippen LogP contribution is -2.38. The number of carbonyl (C=O) groups is 1. The second-order valence-corrected chi connectivity index (χ2v) is 6.49. The Balaban J connectivity index is 2.96. The van der Waals surface area contributed by atoms with Gasteiger partial charge in [0.1, 0.15) is 4.75 Å². The van der Waals surface area contributed by atoms with Crippen LogP contribution in [0.1, 0.15) is 31.6 Å². The summed E-state index contributed by atoms with van der Waals surface area (Å²) in [5.41, 5.74) is 0.898. The molecule has 2 unspecified atom stereocenters. The van der Waals surface area contributed by atoms with Gasteiger partial charge in [-0.2, -0.15) is 0 Å². The van der Waals surface area contributed by atoms with Crippen LogP contribution in [0.4, 0.5) is 0 Å². The van der Waals surface area contributed by atoms with Crippen molar-refractivity contribution in [1.29, 1.82) is 0 Å². The topological polar surface area (TPSA) is 54.4 Å². The SMILES string of the molecule is CC(c1ccccc1)S(=O)C(C)(C)C(=O)O. The number of rotatable bonds is 4.